The van der Waals surface area contributed by atoms with E-state index in [4.69, 9.17) is 0 Å². The molecule has 0 radical (unpaired) electrons. The van der Waals surface area contributed by atoms with Crippen molar-refractivity contribution in [2.75, 3.05) is 26.2 Å². The number of hydrogen-bond acceptors (Lipinski definition) is 4. The predicted molar refractivity (Wildman–Crippen MR) is 63.0 cm³/mol. The Kier molecular flexibility index (Phi) is 2.25. The molecule has 4 unspecified atom stereocenters. The number of nitrogens with one attached hydrogen (secondary N) is 2. The summed E-state index contributed by atoms with van der Waals surface area (Å²) >= 11 is 0. The summed E-state index contributed by atoms with van der Waals surface area (Å²) in [6, 6.07) is 3.18. The van der Waals surface area contributed by atoms with Gasteiger partial charge in [0.15, 0.2) is 0 Å². The van der Waals surface area contributed by atoms with Crippen molar-refractivity contribution in [2.45, 2.75) is 49.9 Å². The van der Waals surface area contributed by atoms with Gasteiger partial charge in [0.2, 0.25) is 0 Å². The van der Waals surface area contributed by atoms with Crippen molar-refractivity contribution in [1.82, 2.24) is 20.7 Å². The zero-order chi connectivity index (χ0) is 10.5. The molecule has 0 aromatic carbocycles. The smallest absolute Gasteiger partial charge is 0.0412 e. The number of nitrogens with zero attached hydrogens (tertiary/aromatic N) is 2. The van der Waals surface area contributed by atoms with E-state index in [9.17, 15) is 0 Å². The van der Waals surface area contributed by atoms with Crippen molar-refractivity contribution in [2.24, 2.45) is 0 Å². The summed E-state index contributed by atoms with van der Waals surface area (Å²) in [5.74, 6) is 0. The number of rotatable bonds is 1. The normalized spacial score (nSPS) is 48.8. The highest BCUT2D eigenvalue weighted by molar-refractivity contribution is 5.01. The highest BCUT2D eigenvalue weighted by atomic mass is 15.7. The maximum absolute atomic E-state index is 3.65. The fourth-order valence-electron chi connectivity index (χ4n) is 4.32. The summed E-state index contributed by atoms with van der Waals surface area (Å²) in [7, 11) is 0. The van der Waals surface area contributed by atoms with E-state index in [0.717, 1.165) is 24.2 Å². The van der Waals surface area contributed by atoms with E-state index in [1.807, 2.05) is 0 Å². The predicted octanol–water partition coefficient (Wildman–Crippen LogP) is -0.226. The van der Waals surface area contributed by atoms with E-state index >= 15 is 0 Å². The van der Waals surface area contributed by atoms with Crippen molar-refractivity contribution in [3.63, 3.8) is 0 Å². The van der Waals surface area contributed by atoms with Crippen LogP contribution in [0.3, 0.4) is 0 Å². The summed E-state index contributed by atoms with van der Waals surface area (Å²) in [4.78, 5) is 0. The largest absolute Gasteiger partial charge is 0.312 e. The molecule has 4 heteroatoms. The van der Waals surface area contributed by atoms with Gasteiger partial charge in [0.1, 0.15) is 0 Å². The Hall–Kier alpha value is -0.160. The van der Waals surface area contributed by atoms with Crippen LogP contribution >= 0.6 is 0 Å². The SMILES string of the molecule is C1CC2C(CCN2N2CCC3NCCC32)N1. The summed E-state index contributed by atoms with van der Waals surface area (Å²) in [5, 5.41) is 12.7. The molecule has 90 valence electrons. The van der Waals surface area contributed by atoms with E-state index in [1.54, 1.807) is 0 Å². The number of fused-ring (bicyclic) bond motifs is 2. The van der Waals surface area contributed by atoms with Gasteiger partial charge in [-0.15, -0.1) is 0 Å². The van der Waals surface area contributed by atoms with Crippen molar-refractivity contribution in [3.8, 4) is 0 Å². The van der Waals surface area contributed by atoms with Crippen LogP contribution in [0.1, 0.15) is 25.7 Å². The zero-order valence-corrected chi connectivity index (χ0v) is 9.86. The van der Waals surface area contributed by atoms with Gasteiger partial charge in [-0.2, -0.15) is 0 Å². The zero-order valence-electron chi connectivity index (χ0n) is 9.86. The lowest BCUT2D eigenvalue weighted by Gasteiger charge is -2.36. The van der Waals surface area contributed by atoms with Crippen LogP contribution in [-0.4, -0.2) is 60.4 Å². The molecular formula is C12H22N4. The first-order valence-electron chi connectivity index (χ1n) is 6.93. The third-order valence-corrected chi connectivity index (χ3v) is 5.06. The topological polar surface area (TPSA) is 30.5 Å². The summed E-state index contributed by atoms with van der Waals surface area (Å²) in [6.45, 7) is 5.02. The molecule has 4 heterocycles. The van der Waals surface area contributed by atoms with Gasteiger partial charge in [-0.1, -0.05) is 0 Å². The molecule has 0 saturated carbocycles. The Labute approximate surface area is 97.3 Å². The molecule has 4 saturated heterocycles. The van der Waals surface area contributed by atoms with Crippen LogP contribution in [0, 0.1) is 0 Å². The standard InChI is InChI=1S/C12H22N4/c1-5-13-9-3-7-15(11(1)9)16-8-4-10-12(16)2-6-14-10/h9-14H,1-8H2. The molecule has 0 amide bonds. The van der Waals surface area contributed by atoms with Crippen molar-refractivity contribution in [3.05, 3.63) is 0 Å². The monoisotopic (exact) mass is 222 g/mol. The van der Waals surface area contributed by atoms with Gasteiger partial charge in [-0.25, -0.2) is 10.0 Å². The van der Waals surface area contributed by atoms with Crippen LogP contribution in [0.4, 0.5) is 0 Å². The fraction of sp³-hybridized carbons (Fsp3) is 1.00. The molecule has 0 aromatic heterocycles. The quantitative estimate of drug-likeness (QED) is 0.642. The van der Waals surface area contributed by atoms with Crippen LogP contribution in [0.2, 0.25) is 0 Å². The Morgan fingerprint density at radius 1 is 0.688 bits per heavy atom. The first kappa shape index (κ1) is 9.83. The second-order valence-corrected chi connectivity index (χ2v) is 5.74. The fourth-order valence-corrected chi connectivity index (χ4v) is 4.32. The molecule has 2 N–H and O–H groups in total. The van der Waals surface area contributed by atoms with E-state index in [-0.39, 0.29) is 0 Å². The Bertz CT molecular complexity index is 254. The lowest BCUT2D eigenvalue weighted by molar-refractivity contribution is -0.0463. The van der Waals surface area contributed by atoms with Crippen molar-refractivity contribution in [1.29, 1.82) is 0 Å². The Morgan fingerprint density at radius 2 is 1.19 bits per heavy atom. The molecule has 16 heavy (non-hydrogen) atoms. The minimum atomic E-state index is 0.786. The second-order valence-electron chi connectivity index (χ2n) is 5.74. The van der Waals surface area contributed by atoms with Crippen molar-refractivity contribution < 1.29 is 0 Å². The third-order valence-electron chi connectivity index (χ3n) is 5.06. The average Bonchev–Trinajstić information content (AvgIpc) is 2.97. The summed E-state index contributed by atoms with van der Waals surface area (Å²) in [6.07, 6.45) is 5.41. The van der Waals surface area contributed by atoms with E-state index in [0.29, 0.717) is 0 Å². The Morgan fingerprint density at radius 3 is 1.69 bits per heavy atom. The molecular weight excluding hydrogens is 200 g/mol. The van der Waals surface area contributed by atoms with Crippen LogP contribution in [0.25, 0.3) is 0 Å². The maximum Gasteiger partial charge on any atom is 0.0412 e. The first-order chi connectivity index (χ1) is 7.93. The van der Waals surface area contributed by atoms with Gasteiger partial charge in [0, 0.05) is 37.3 Å². The lowest BCUT2D eigenvalue weighted by atomic mass is 10.1. The third kappa shape index (κ3) is 1.30. The van der Waals surface area contributed by atoms with E-state index < -0.39 is 0 Å². The maximum atomic E-state index is 3.65. The minimum Gasteiger partial charge on any atom is -0.312 e. The Balaban J connectivity index is 1.53. The molecule has 0 aromatic rings. The minimum absolute atomic E-state index is 0.786. The number of hydrazine groups is 1. The molecule has 4 aliphatic heterocycles. The molecule has 4 aliphatic rings. The van der Waals surface area contributed by atoms with Gasteiger partial charge in [-0.05, 0) is 38.8 Å². The van der Waals surface area contributed by atoms with Crippen LogP contribution in [0.5, 0.6) is 0 Å². The summed E-state index contributed by atoms with van der Waals surface area (Å²) < 4.78 is 0. The molecule has 4 atom stereocenters. The van der Waals surface area contributed by atoms with Crippen LogP contribution < -0.4 is 10.6 Å². The van der Waals surface area contributed by atoms with Gasteiger partial charge in [0.25, 0.3) is 0 Å². The molecule has 4 rings (SSSR count). The van der Waals surface area contributed by atoms with Crippen molar-refractivity contribution >= 4 is 0 Å². The van der Waals surface area contributed by atoms with Gasteiger partial charge in [-0.3, -0.25) is 0 Å². The number of hydrogen-bond donors (Lipinski definition) is 2. The molecule has 0 aliphatic carbocycles. The van der Waals surface area contributed by atoms with Crippen LogP contribution in [0.15, 0.2) is 0 Å². The van der Waals surface area contributed by atoms with Crippen LogP contribution in [-0.2, 0) is 0 Å². The molecule has 0 spiro atoms. The summed E-state index contributed by atoms with van der Waals surface area (Å²) in [5.41, 5.74) is 0. The molecule has 4 nitrogen and oxygen atoms in total. The first-order valence-corrected chi connectivity index (χ1v) is 6.93. The van der Waals surface area contributed by atoms with Gasteiger partial charge < -0.3 is 10.6 Å². The highest BCUT2D eigenvalue weighted by Crippen LogP contribution is 2.33. The second kappa shape index (κ2) is 3.67. The molecule has 0 bridgehead atoms. The average molecular weight is 222 g/mol. The van der Waals surface area contributed by atoms with Gasteiger partial charge in [0.05, 0.1) is 0 Å². The lowest BCUT2D eigenvalue weighted by Crippen LogP contribution is -2.50. The molecule has 4 fully saturated rings. The van der Waals surface area contributed by atoms with Gasteiger partial charge >= 0.3 is 0 Å². The van der Waals surface area contributed by atoms with E-state index in [2.05, 4.69) is 20.7 Å². The van der Waals surface area contributed by atoms with E-state index in [1.165, 1.54) is 51.9 Å². The highest BCUT2D eigenvalue weighted by Gasteiger charge is 2.46.